The molecule has 1 aromatic carbocycles. The summed E-state index contributed by atoms with van der Waals surface area (Å²) in [5.41, 5.74) is 1.90. The fourth-order valence-corrected chi connectivity index (χ4v) is 3.02. The molecule has 0 atom stereocenters. The van der Waals surface area contributed by atoms with Crippen LogP contribution in [-0.4, -0.2) is 19.7 Å². The van der Waals surface area contributed by atoms with E-state index in [-0.39, 0.29) is 22.4 Å². The van der Waals surface area contributed by atoms with Gasteiger partial charge in [-0.1, -0.05) is 23.8 Å². The molecule has 3 aromatic heterocycles. The van der Waals surface area contributed by atoms with Gasteiger partial charge >= 0.3 is 6.18 Å². The molecule has 0 amide bonds. The lowest BCUT2D eigenvalue weighted by atomic mass is 10.1. The second kappa shape index (κ2) is 6.19. The first kappa shape index (κ1) is 17.2. The number of rotatable bonds is 2. The number of fused-ring (bicyclic) bond motifs is 1. The van der Waals surface area contributed by atoms with E-state index in [0.717, 1.165) is 11.6 Å². The third-order valence-corrected chi connectivity index (χ3v) is 4.32. The molecule has 0 aliphatic carbocycles. The first-order chi connectivity index (χ1) is 12.8. The van der Waals surface area contributed by atoms with Crippen LogP contribution in [0.4, 0.5) is 13.2 Å². The number of hydrogen-bond donors (Lipinski definition) is 0. The first-order valence-electron chi connectivity index (χ1n) is 8.30. The molecule has 0 saturated carbocycles. The van der Waals surface area contributed by atoms with E-state index in [2.05, 4.69) is 15.1 Å². The molecule has 0 N–H and O–H groups in total. The molecule has 7 heteroatoms. The number of alkyl halides is 3. The van der Waals surface area contributed by atoms with Crippen molar-refractivity contribution in [1.29, 1.82) is 0 Å². The number of halogens is 3. The van der Waals surface area contributed by atoms with Gasteiger partial charge in [-0.25, -0.2) is 9.67 Å². The predicted molar refractivity (Wildman–Crippen MR) is 96.6 cm³/mol. The van der Waals surface area contributed by atoms with Crippen molar-refractivity contribution in [3.05, 3.63) is 71.5 Å². The maximum Gasteiger partial charge on any atom is 0.417 e. The van der Waals surface area contributed by atoms with E-state index in [9.17, 15) is 13.2 Å². The molecule has 0 saturated heterocycles. The van der Waals surface area contributed by atoms with Gasteiger partial charge in [-0.15, -0.1) is 0 Å². The SMILES string of the molecule is Cc1ccc(-n2nc(C)c3c(C(F)(F)F)cc(-c4ccccn4)nc32)cc1. The molecule has 0 aliphatic rings. The summed E-state index contributed by atoms with van der Waals surface area (Å²) in [6, 6.07) is 13.5. The second-order valence-electron chi connectivity index (χ2n) is 6.30. The fraction of sp³-hybridized carbons (Fsp3) is 0.150. The molecular formula is C20H15F3N4. The van der Waals surface area contributed by atoms with Gasteiger partial charge in [0.2, 0.25) is 0 Å². The van der Waals surface area contributed by atoms with Crippen molar-refractivity contribution >= 4 is 11.0 Å². The Labute approximate surface area is 153 Å². The minimum absolute atomic E-state index is 0.00255. The molecular weight excluding hydrogens is 353 g/mol. The quantitative estimate of drug-likeness (QED) is 0.493. The lowest BCUT2D eigenvalue weighted by molar-refractivity contribution is -0.136. The molecule has 4 rings (SSSR count). The summed E-state index contributed by atoms with van der Waals surface area (Å²) in [6.07, 6.45) is -3.01. The molecule has 0 fully saturated rings. The normalized spacial score (nSPS) is 11.9. The molecule has 0 spiro atoms. The molecule has 27 heavy (non-hydrogen) atoms. The number of nitrogens with zero attached hydrogens (tertiary/aromatic N) is 4. The van der Waals surface area contributed by atoms with Crippen LogP contribution in [0.3, 0.4) is 0 Å². The lowest BCUT2D eigenvalue weighted by Crippen LogP contribution is -2.08. The van der Waals surface area contributed by atoms with Crippen LogP contribution in [0.25, 0.3) is 28.1 Å². The van der Waals surface area contributed by atoms with Crippen LogP contribution in [0, 0.1) is 13.8 Å². The average molecular weight is 368 g/mol. The molecule has 0 radical (unpaired) electrons. The predicted octanol–water partition coefficient (Wildman–Crippen LogP) is 5.12. The van der Waals surface area contributed by atoms with E-state index >= 15 is 0 Å². The van der Waals surface area contributed by atoms with Crippen LogP contribution < -0.4 is 0 Å². The van der Waals surface area contributed by atoms with Gasteiger partial charge in [-0.2, -0.15) is 18.3 Å². The Morgan fingerprint density at radius 3 is 2.30 bits per heavy atom. The Bertz CT molecular complexity index is 1110. The van der Waals surface area contributed by atoms with Crippen molar-refractivity contribution in [1.82, 2.24) is 19.7 Å². The molecule has 4 nitrogen and oxygen atoms in total. The van der Waals surface area contributed by atoms with Crippen molar-refractivity contribution in [3.8, 4) is 17.1 Å². The zero-order chi connectivity index (χ0) is 19.2. The third-order valence-electron chi connectivity index (χ3n) is 4.32. The van der Waals surface area contributed by atoms with E-state index < -0.39 is 11.7 Å². The minimum Gasteiger partial charge on any atom is -0.255 e. The van der Waals surface area contributed by atoms with E-state index in [0.29, 0.717) is 11.4 Å². The topological polar surface area (TPSA) is 43.6 Å². The van der Waals surface area contributed by atoms with Crippen molar-refractivity contribution in [3.63, 3.8) is 0 Å². The standard InChI is InChI=1S/C20H15F3N4/c1-12-6-8-14(9-7-12)27-19-18(13(2)26-27)15(20(21,22)23)11-17(25-19)16-5-3-4-10-24-16/h3-11H,1-2H3. The molecule has 3 heterocycles. The Morgan fingerprint density at radius 2 is 1.67 bits per heavy atom. The maximum atomic E-state index is 13.8. The number of aromatic nitrogens is 4. The van der Waals surface area contributed by atoms with E-state index in [1.165, 1.54) is 10.9 Å². The van der Waals surface area contributed by atoms with Gasteiger partial charge in [0.25, 0.3) is 0 Å². The zero-order valence-electron chi connectivity index (χ0n) is 14.6. The lowest BCUT2D eigenvalue weighted by Gasteiger charge is -2.11. The van der Waals surface area contributed by atoms with E-state index in [1.807, 2.05) is 31.2 Å². The smallest absolute Gasteiger partial charge is 0.255 e. The van der Waals surface area contributed by atoms with Gasteiger partial charge in [0.05, 0.1) is 33.7 Å². The van der Waals surface area contributed by atoms with Gasteiger partial charge in [-0.3, -0.25) is 4.98 Å². The van der Waals surface area contributed by atoms with Gasteiger partial charge < -0.3 is 0 Å². The number of pyridine rings is 2. The third kappa shape index (κ3) is 3.05. The molecule has 0 unspecified atom stereocenters. The van der Waals surface area contributed by atoms with Crippen molar-refractivity contribution in [2.45, 2.75) is 20.0 Å². The number of benzene rings is 1. The van der Waals surface area contributed by atoms with Crippen LogP contribution >= 0.6 is 0 Å². The van der Waals surface area contributed by atoms with Gasteiger partial charge in [0, 0.05) is 6.20 Å². The summed E-state index contributed by atoms with van der Waals surface area (Å²) in [5, 5.41) is 4.33. The minimum atomic E-state index is -4.53. The van der Waals surface area contributed by atoms with E-state index in [1.54, 1.807) is 25.1 Å². The number of aryl methyl sites for hydroxylation is 2. The zero-order valence-corrected chi connectivity index (χ0v) is 14.6. The summed E-state index contributed by atoms with van der Waals surface area (Å²) in [7, 11) is 0. The fourth-order valence-electron chi connectivity index (χ4n) is 3.02. The second-order valence-corrected chi connectivity index (χ2v) is 6.30. The summed E-state index contributed by atoms with van der Waals surface area (Å²) in [5.74, 6) is 0. The van der Waals surface area contributed by atoms with Gasteiger partial charge in [-0.05, 0) is 44.2 Å². The largest absolute Gasteiger partial charge is 0.417 e. The number of hydrogen-bond acceptors (Lipinski definition) is 3. The average Bonchev–Trinajstić information content (AvgIpc) is 2.98. The van der Waals surface area contributed by atoms with Crippen LogP contribution in [-0.2, 0) is 6.18 Å². The van der Waals surface area contributed by atoms with Crippen molar-refractivity contribution in [2.24, 2.45) is 0 Å². The Morgan fingerprint density at radius 1 is 0.926 bits per heavy atom. The van der Waals surface area contributed by atoms with Gasteiger partial charge in [0.15, 0.2) is 5.65 Å². The van der Waals surface area contributed by atoms with Crippen LogP contribution in [0.5, 0.6) is 0 Å². The highest BCUT2D eigenvalue weighted by atomic mass is 19.4. The van der Waals surface area contributed by atoms with Crippen molar-refractivity contribution < 1.29 is 13.2 Å². The summed E-state index contributed by atoms with van der Waals surface area (Å²) >= 11 is 0. The Hall–Kier alpha value is -3.22. The first-order valence-corrected chi connectivity index (χ1v) is 8.30. The van der Waals surface area contributed by atoms with Crippen molar-refractivity contribution in [2.75, 3.05) is 0 Å². The van der Waals surface area contributed by atoms with Crippen LogP contribution in [0.2, 0.25) is 0 Å². The molecule has 0 bridgehead atoms. The summed E-state index contributed by atoms with van der Waals surface area (Å²) < 4.78 is 42.8. The van der Waals surface area contributed by atoms with Crippen LogP contribution in [0.15, 0.2) is 54.7 Å². The molecule has 136 valence electrons. The molecule has 4 aromatic rings. The highest BCUT2D eigenvalue weighted by Gasteiger charge is 2.36. The van der Waals surface area contributed by atoms with Crippen LogP contribution in [0.1, 0.15) is 16.8 Å². The molecule has 0 aliphatic heterocycles. The highest BCUT2D eigenvalue weighted by Crippen LogP contribution is 2.38. The Balaban J connectivity index is 2.06. The Kier molecular flexibility index (Phi) is 3.95. The highest BCUT2D eigenvalue weighted by molar-refractivity contribution is 5.86. The monoisotopic (exact) mass is 368 g/mol. The summed E-state index contributed by atoms with van der Waals surface area (Å²) in [6.45, 7) is 3.50. The maximum absolute atomic E-state index is 13.8. The van der Waals surface area contributed by atoms with E-state index in [4.69, 9.17) is 0 Å². The summed E-state index contributed by atoms with van der Waals surface area (Å²) in [4.78, 5) is 8.62. The van der Waals surface area contributed by atoms with Gasteiger partial charge in [0.1, 0.15) is 0 Å².